The molecule has 0 atom stereocenters. The fourth-order valence-corrected chi connectivity index (χ4v) is 5.27. The monoisotopic (exact) mass is 534 g/mol. The van der Waals surface area contributed by atoms with Gasteiger partial charge in [0.2, 0.25) is 0 Å². The minimum Gasteiger partial charge on any atom is -0.368 e. The number of hydrogen-bond donors (Lipinski definition) is 1. The molecule has 1 N–H and O–H groups in total. The lowest BCUT2D eigenvalue weighted by Gasteiger charge is -2.36. The molecule has 1 amide bonds. The molecular formula is C27H33Cl3N4O. The van der Waals surface area contributed by atoms with Crippen molar-refractivity contribution in [2.45, 2.75) is 20.3 Å². The van der Waals surface area contributed by atoms with Gasteiger partial charge in [-0.1, -0.05) is 59.6 Å². The number of piperazine rings is 1. The van der Waals surface area contributed by atoms with Crippen molar-refractivity contribution >= 4 is 47.2 Å². The van der Waals surface area contributed by atoms with E-state index in [0.717, 1.165) is 72.9 Å². The topological polar surface area (TPSA) is 40.5 Å². The molecule has 1 aromatic heterocycles. The molecule has 1 aliphatic heterocycles. The number of rotatable bonds is 7. The van der Waals surface area contributed by atoms with Crippen LogP contribution >= 0.6 is 35.6 Å². The van der Waals surface area contributed by atoms with Crippen LogP contribution in [0.2, 0.25) is 10.0 Å². The SMILES string of the molecule is Cc1c(C(=O)NCCCN2CCN(c3cccc(Cl)c3Cl)CC2)c(C)n(C)c1-c1ccccc1.Cl. The van der Waals surface area contributed by atoms with Gasteiger partial charge in [0.1, 0.15) is 0 Å². The van der Waals surface area contributed by atoms with Crippen molar-refractivity contribution < 1.29 is 4.79 Å². The van der Waals surface area contributed by atoms with Gasteiger partial charge >= 0.3 is 0 Å². The van der Waals surface area contributed by atoms with Gasteiger partial charge in [-0.25, -0.2) is 0 Å². The molecule has 5 nitrogen and oxygen atoms in total. The van der Waals surface area contributed by atoms with E-state index < -0.39 is 0 Å². The molecule has 0 aliphatic carbocycles. The van der Waals surface area contributed by atoms with Gasteiger partial charge in [-0.2, -0.15) is 0 Å². The molecule has 3 aromatic rings. The standard InChI is InChI=1S/C27H32Cl2N4O.ClH/c1-19-24(20(2)31(3)26(19)21-9-5-4-6-10-21)27(34)30-13-8-14-32-15-17-33(18-16-32)23-12-7-11-22(28)25(23)29;/h4-7,9-12H,8,13-18H2,1-3H3,(H,30,34);1H. The Morgan fingerprint density at radius 2 is 1.66 bits per heavy atom. The summed E-state index contributed by atoms with van der Waals surface area (Å²) in [7, 11) is 2.03. The highest BCUT2D eigenvalue weighted by Gasteiger charge is 2.22. The van der Waals surface area contributed by atoms with Crippen molar-refractivity contribution in [1.82, 2.24) is 14.8 Å². The van der Waals surface area contributed by atoms with Gasteiger partial charge in [-0.05, 0) is 50.1 Å². The Morgan fingerprint density at radius 3 is 2.34 bits per heavy atom. The number of amides is 1. The molecule has 8 heteroatoms. The van der Waals surface area contributed by atoms with Crippen molar-refractivity contribution in [3.05, 3.63) is 75.4 Å². The first kappa shape index (κ1) is 27.4. The van der Waals surface area contributed by atoms with Gasteiger partial charge in [-0.15, -0.1) is 12.4 Å². The predicted octanol–water partition coefficient (Wildman–Crippen LogP) is 5.98. The van der Waals surface area contributed by atoms with Crippen LogP contribution in [-0.4, -0.2) is 54.6 Å². The van der Waals surface area contributed by atoms with Crippen molar-refractivity contribution in [3.8, 4) is 11.3 Å². The summed E-state index contributed by atoms with van der Waals surface area (Å²) in [5, 5.41) is 4.36. The minimum absolute atomic E-state index is 0. The zero-order chi connectivity index (χ0) is 24.2. The van der Waals surface area contributed by atoms with E-state index in [1.54, 1.807) is 0 Å². The lowest BCUT2D eigenvalue weighted by molar-refractivity contribution is 0.0950. The van der Waals surface area contributed by atoms with E-state index >= 15 is 0 Å². The maximum Gasteiger partial charge on any atom is 0.253 e. The lowest BCUT2D eigenvalue weighted by Crippen LogP contribution is -2.47. The fourth-order valence-electron chi connectivity index (χ4n) is 4.86. The molecular weight excluding hydrogens is 503 g/mol. The quantitative estimate of drug-likeness (QED) is 0.378. The van der Waals surface area contributed by atoms with Crippen LogP contribution in [0.5, 0.6) is 0 Å². The molecule has 188 valence electrons. The van der Waals surface area contributed by atoms with Crippen LogP contribution in [0.3, 0.4) is 0 Å². The van der Waals surface area contributed by atoms with Crippen molar-refractivity contribution in [3.63, 3.8) is 0 Å². The summed E-state index contributed by atoms with van der Waals surface area (Å²) in [6.07, 6.45) is 0.917. The van der Waals surface area contributed by atoms with E-state index in [1.807, 2.05) is 57.3 Å². The van der Waals surface area contributed by atoms with Gasteiger partial charge in [-0.3, -0.25) is 9.69 Å². The van der Waals surface area contributed by atoms with Gasteiger partial charge < -0.3 is 14.8 Å². The number of hydrogen-bond acceptors (Lipinski definition) is 3. The molecule has 4 rings (SSSR count). The molecule has 1 saturated heterocycles. The first-order valence-electron chi connectivity index (χ1n) is 11.8. The number of benzene rings is 2. The number of carbonyl (C=O) groups excluding carboxylic acids is 1. The zero-order valence-corrected chi connectivity index (χ0v) is 22.8. The molecule has 0 spiro atoms. The van der Waals surface area contributed by atoms with Crippen LogP contribution in [0.25, 0.3) is 11.3 Å². The van der Waals surface area contributed by atoms with Crippen LogP contribution < -0.4 is 10.2 Å². The summed E-state index contributed by atoms with van der Waals surface area (Å²) in [5.41, 5.74) is 6.03. The Balaban J connectivity index is 0.00000342. The van der Waals surface area contributed by atoms with Gasteiger partial charge in [0.05, 0.1) is 27.0 Å². The molecule has 2 aromatic carbocycles. The molecule has 2 heterocycles. The van der Waals surface area contributed by atoms with Gasteiger partial charge in [0.15, 0.2) is 0 Å². The smallest absolute Gasteiger partial charge is 0.253 e. The van der Waals surface area contributed by atoms with E-state index in [0.29, 0.717) is 16.6 Å². The van der Waals surface area contributed by atoms with E-state index in [-0.39, 0.29) is 18.3 Å². The number of carbonyl (C=O) groups is 1. The van der Waals surface area contributed by atoms with Crippen LogP contribution in [0.4, 0.5) is 5.69 Å². The Kier molecular flexibility index (Phi) is 9.54. The summed E-state index contributed by atoms with van der Waals surface area (Å²) < 4.78 is 2.12. The Bertz CT molecular complexity index is 1150. The average molecular weight is 536 g/mol. The zero-order valence-electron chi connectivity index (χ0n) is 20.5. The number of aromatic nitrogens is 1. The summed E-state index contributed by atoms with van der Waals surface area (Å²) in [6.45, 7) is 9.43. The Labute approximate surface area is 224 Å². The van der Waals surface area contributed by atoms with Crippen molar-refractivity contribution in [2.24, 2.45) is 7.05 Å². The summed E-state index contributed by atoms with van der Waals surface area (Å²) in [5.74, 6) is 0.00759. The Hall–Kier alpha value is -2.18. The highest BCUT2D eigenvalue weighted by molar-refractivity contribution is 6.43. The number of halogens is 3. The fraction of sp³-hybridized carbons (Fsp3) is 0.370. The second kappa shape index (κ2) is 12.2. The third kappa shape index (κ3) is 5.97. The average Bonchev–Trinajstić information content (AvgIpc) is 3.07. The highest BCUT2D eigenvalue weighted by Crippen LogP contribution is 2.33. The molecule has 1 fully saturated rings. The number of anilines is 1. The predicted molar refractivity (Wildman–Crippen MR) is 150 cm³/mol. The Morgan fingerprint density at radius 1 is 0.971 bits per heavy atom. The minimum atomic E-state index is 0. The van der Waals surface area contributed by atoms with Crippen LogP contribution in [0.15, 0.2) is 48.5 Å². The molecule has 1 aliphatic rings. The maximum atomic E-state index is 13.0. The highest BCUT2D eigenvalue weighted by atomic mass is 35.5. The van der Waals surface area contributed by atoms with Crippen LogP contribution in [-0.2, 0) is 7.05 Å². The van der Waals surface area contributed by atoms with E-state index in [9.17, 15) is 4.79 Å². The third-order valence-corrected chi connectivity index (χ3v) is 7.59. The van der Waals surface area contributed by atoms with E-state index in [2.05, 4.69) is 31.8 Å². The number of nitrogens with zero attached hydrogens (tertiary/aromatic N) is 3. The normalized spacial score (nSPS) is 14.0. The summed E-state index contributed by atoms with van der Waals surface area (Å²) >= 11 is 12.6. The van der Waals surface area contributed by atoms with Crippen LogP contribution in [0, 0.1) is 13.8 Å². The molecule has 0 radical (unpaired) electrons. The molecule has 0 unspecified atom stereocenters. The van der Waals surface area contributed by atoms with Gasteiger partial charge in [0.25, 0.3) is 5.91 Å². The molecule has 35 heavy (non-hydrogen) atoms. The lowest BCUT2D eigenvalue weighted by atomic mass is 10.0. The second-order valence-corrected chi connectivity index (χ2v) is 9.66. The van der Waals surface area contributed by atoms with Gasteiger partial charge in [0, 0.05) is 45.5 Å². The summed E-state index contributed by atoms with van der Waals surface area (Å²) in [4.78, 5) is 17.8. The van der Waals surface area contributed by atoms with Crippen molar-refractivity contribution in [1.29, 1.82) is 0 Å². The number of nitrogens with one attached hydrogen (secondary N) is 1. The largest absolute Gasteiger partial charge is 0.368 e. The first-order valence-corrected chi connectivity index (χ1v) is 12.5. The van der Waals surface area contributed by atoms with Crippen molar-refractivity contribution in [2.75, 3.05) is 44.2 Å². The van der Waals surface area contributed by atoms with Crippen LogP contribution in [0.1, 0.15) is 28.0 Å². The molecule has 0 saturated carbocycles. The molecule has 0 bridgehead atoms. The van der Waals surface area contributed by atoms with E-state index in [1.165, 1.54) is 0 Å². The maximum absolute atomic E-state index is 13.0. The first-order chi connectivity index (χ1) is 16.4. The third-order valence-electron chi connectivity index (χ3n) is 6.79. The second-order valence-electron chi connectivity index (χ2n) is 8.87. The van der Waals surface area contributed by atoms with E-state index in [4.69, 9.17) is 23.2 Å². The summed E-state index contributed by atoms with van der Waals surface area (Å²) in [6, 6.07) is 16.0.